The molecule has 21 heavy (non-hydrogen) atoms. The number of rotatable bonds is 2. The molecule has 3 rings (SSSR count). The lowest BCUT2D eigenvalue weighted by molar-refractivity contribution is -0.169. The molecular formula is C17H24N2O2. The lowest BCUT2D eigenvalue weighted by Gasteiger charge is -2.42. The standard InChI is InChI=1S/C17H24N2O2/c1-18-10-6-5-9-17(16(18)20)14-19(11-12-21-17)13-15-7-3-2-4-8-15/h2-4,7-8H,5-6,9-14H2,1H3. The molecule has 0 N–H and O–H groups in total. The second kappa shape index (κ2) is 6.16. The highest BCUT2D eigenvalue weighted by molar-refractivity contribution is 5.85. The summed E-state index contributed by atoms with van der Waals surface area (Å²) in [7, 11) is 1.90. The summed E-state index contributed by atoms with van der Waals surface area (Å²) >= 11 is 0. The van der Waals surface area contributed by atoms with Gasteiger partial charge in [-0.2, -0.15) is 0 Å². The Morgan fingerprint density at radius 2 is 2.00 bits per heavy atom. The van der Waals surface area contributed by atoms with E-state index in [9.17, 15) is 4.79 Å². The van der Waals surface area contributed by atoms with Gasteiger partial charge < -0.3 is 9.64 Å². The van der Waals surface area contributed by atoms with Gasteiger partial charge in [-0.3, -0.25) is 9.69 Å². The Labute approximate surface area is 126 Å². The van der Waals surface area contributed by atoms with Crippen LogP contribution in [0, 0.1) is 0 Å². The maximum Gasteiger partial charge on any atom is 0.255 e. The number of carbonyl (C=O) groups excluding carboxylic acids is 1. The second-order valence-corrected chi connectivity index (χ2v) is 6.22. The van der Waals surface area contributed by atoms with Crippen LogP contribution in [0.5, 0.6) is 0 Å². The third kappa shape index (κ3) is 3.11. The van der Waals surface area contributed by atoms with Crippen LogP contribution in [0.3, 0.4) is 0 Å². The van der Waals surface area contributed by atoms with Crippen molar-refractivity contribution in [2.45, 2.75) is 31.4 Å². The highest BCUT2D eigenvalue weighted by atomic mass is 16.5. The molecule has 0 aliphatic carbocycles. The summed E-state index contributed by atoms with van der Waals surface area (Å²) in [6, 6.07) is 10.5. The van der Waals surface area contributed by atoms with Crippen LogP contribution in [0.4, 0.5) is 0 Å². The van der Waals surface area contributed by atoms with Gasteiger partial charge >= 0.3 is 0 Å². The van der Waals surface area contributed by atoms with Gasteiger partial charge in [-0.25, -0.2) is 0 Å². The molecule has 0 aromatic heterocycles. The Balaban J connectivity index is 1.73. The molecule has 0 saturated carbocycles. The van der Waals surface area contributed by atoms with Crippen molar-refractivity contribution >= 4 is 5.91 Å². The van der Waals surface area contributed by atoms with Crippen LogP contribution in [0.1, 0.15) is 24.8 Å². The summed E-state index contributed by atoms with van der Waals surface area (Å²) in [5.74, 6) is 0.165. The SMILES string of the molecule is CN1CCCCC2(CN(Cc3ccccc3)CCO2)C1=O. The monoisotopic (exact) mass is 288 g/mol. The molecule has 1 unspecified atom stereocenters. The smallest absolute Gasteiger partial charge is 0.255 e. The van der Waals surface area contributed by atoms with Gasteiger partial charge in [0.15, 0.2) is 5.60 Å². The minimum atomic E-state index is -0.613. The molecule has 1 atom stereocenters. The van der Waals surface area contributed by atoms with Gasteiger partial charge in [-0.1, -0.05) is 30.3 Å². The molecule has 2 saturated heterocycles. The number of amides is 1. The number of morpholine rings is 1. The van der Waals surface area contributed by atoms with Gasteiger partial charge in [0, 0.05) is 33.2 Å². The third-order valence-electron chi connectivity index (χ3n) is 4.57. The number of likely N-dealkylation sites (N-methyl/N-ethyl adjacent to an activating group) is 1. The Morgan fingerprint density at radius 1 is 1.19 bits per heavy atom. The largest absolute Gasteiger partial charge is 0.362 e. The van der Waals surface area contributed by atoms with Crippen LogP contribution in [-0.2, 0) is 16.1 Å². The van der Waals surface area contributed by atoms with Gasteiger partial charge in [-0.15, -0.1) is 0 Å². The highest BCUT2D eigenvalue weighted by Crippen LogP contribution is 2.29. The lowest BCUT2D eigenvalue weighted by Crippen LogP contribution is -2.59. The first kappa shape index (κ1) is 14.5. The van der Waals surface area contributed by atoms with E-state index in [1.165, 1.54) is 5.56 Å². The summed E-state index contributed by atoms with van der Waals surface area (Å²) in [4.78, 5) is 16.9. The molecule has 2 fully saturated rings. The van der Waals surface area contributed by atoms with Gasteiger partial charge in [0.1, 0.15) is 0 Å². The molecule has 1 aromatic rings. The fourth-order valence-corrected chi connectivity index (χ4v) is 3.43. The lowest BCUT2D eigenvalue weighted by atomic mass is 9.94. The topological polar surface area (TPSA) is 32.8 Å². The Morgan fingerprint density at radius 3 is 2.81 bits per heavy atom. The van der Waals surface area contributed by atoms with Gasteiger partial charge in [0.25, 0.3) is 5.91 Å². The van der Waals surface area contributed by atoms with E-state index in [0.717, 1.165) is 38.9 Å². The molecule has 114 valence electrons. The van der Waals surface area contributed by atoms with Crippen LogP contribution >= 0.6 is 0 Å². The molecule has 2 aliphatic rings. The first-order valence-electron chi connectivity index (χ1n) is 7.85. The van der Waals surface area contributed by atoms with Crippen LogP contribution in [0.2, 0.25) is 0 Å². The quantitative estimate of drug-likeness (QED) is 0.833. The van der Waals surface area contributed by atoms with Crippen molar-refractivity contribution in [1.29, 1.82) is 0 Å². The molecular weight excluding hydrogens is 264 g/mol. The molecule has 4 heteroatoms. The average molecular weight is 288 g/mol. The molecule has 1 aromatic carbocycles. The molecule has 1 amide bonds. The van der Waals surface area contributed by atoms with Crippen molar-refractivity contribution in [3.05, 3.63) is 35.9 Å². The van der Waals surface area contributed by atoms with E-state index in [2.05, 4.69) is 29.2 Å². The van der Waals surface area contributed by atoms with E-state index < -0.39 is 5.60 Å². The highest BCUT2D eigenvalue weighted by Gasteiger charge is 2.45. The molecule has 0 radical (unpaired) electrons. The summed E-state index contributed by atoms with van der Waals surface area (Å²) in [5, 5.41) is 0. The van der Waals surface area contributed by atoms with Crippen LogP contribution in [0.25, 0.3) is 0 Å². The summed E-state index contributed by atoms with van der Waals surface area (Å²) in [6.45, 7) is 4.00. The van der Waals surface area contributed by atoms with E-state index in [1.54, 1.807) is 0 Å². The predicted molar refractivity (Wildman–Crippen MR) is 81.9 cm³/mol. The summed E-state index contributed by atoms with van der Waals surface area (Å²) < 4.78 is 6.00. The second-order valence-electron chi connectivity index (χ2n) is 6.22. The van der Waals surface area contributed by atoms with Crippen LogP contribution in [-0.4, -0.2) is 54.6 Å². The van der Waals surface area contributed by atoms with Crippen LogP contribution in [0.15, 0.2) is 30.3 Å². The van der Waals surface area contributed by atoms with Crippen LogP contribution < -0.4 is 0 Å². The minimum absolute atomic E-state index is 0.165. The first-order valence-corrected chi connectivity index (χ1v) is 7.85. The van der Waals surface area contributed by atoms with E-state index in [-0.39, 0.29) is 5.91 Å². The number of nitrogens with zero attached hydrogens (tertiary/aromatic N) is 2. The zero-order chi connectivity index (χ0) is 14.7. The number of hydrogen-bond donors (Lipinski definition) is 0. The molecule has 2 heterocycles. The number of ether oxygens (including phenoxy) is 1. The molecule has 0 bridgehead atoms. The Kier molecular flexibility index (Phi) is 4.27. The number of carbonyl (C=O) groups is 1. The molecule has 1 spiro atoms. The summed E-state index contributed by atoms with van der Waals surface area (Å²) in [6.07, 6.45) is 2.99. The maximum absolute atomic E-state index is 12.7. The number of likely N-dealkylation sites (tertiary alicyclic amines) is 1. The Hall–Kier alpha value is -1.39. The van der Waals surface area contributed by atoms with Crippen molar-refractivity contribution < 1.29 is 9.53 Å². The normalized spacial score (nSPS) is 27.9. The Bertz CT molecular complexity index is 491. The molecule has 2 aliphatic heterocycles. The summed E-state index contributed by atoms with van der Waals surface area (Å²) in [5.41, 5.74) is 0.683. The van der Waals surface area contributed by atoms with E-state index in [0.29, 0.717) is 13.2 Å². The van der Waals surface area contributed by atoms with Crippen molar-refractivity contribution in [3.63, 3.8) is 0 Å². The zero-order valence-corrected chi connectivity index (χ0v) is 12.8. The third-order valence-corrected chi connectivity index (χ3v) is 4.57. The van der Waals surface area contributed by atoms with Gasteiger partial charge in [0.05, 0.1) is 6.61 Å². The van der Waals surface area contributed by atoms with E-state index in [1.807, 2.05) is 18.0 Å². The fourth-order valence-electron chi connectivity index (χ4n) is 3.43. The number of hydrogen-bond acceptors (Lipinski definition) is 3. The van der Waals surface area contributed by atoms with Crippen molar-refractivity contribution in [2.24, 2.45) is 0 Å². The minimum Gasteiger partial charge on any atom is -0.362 e. The average Bonchev–Trinajstić information content (AvgIpc) is 2.63. The molecule has 4 nitrogen and oxygen atoms in total. The van der Waals surface area contributed by atoms with E-state index >= 15 is 0 Å². The maximum atomic E-state index is 12.7. The fraction of sp³-hybridized carbons (Fsp3) is 0.588. The number of benzene rings is 1. The van der Waals surface area contributed by atoms with Gasteiger partial charge in [0.2, 0.25) is 0 Å². The van der Waals surface area contributed by atoms with Crippen molar-refractivity contribution in [2.75, 3.05) is 33.3 Å². The van der Waals surface area contributed by atoms with Gasteiger partial charge in [-0.05, 0) is 24.8 Å². The van der Waals surface area contributed by atoms with Crippen molar-refractivity contribution in [1.82, 2.24) is 9.80 Å². The predicted octanol–water partition coefficient (Wildman–Crippen LogP) is 1.90. The van der Waals surface area contributed by atoms with E-state index in [4.69, 9.17) is 4.74 Å². The van der Waals surface area contributed by atoms with Crippen molar-refractivity contribution in [3.8, 4) is 0 Å². The first-order chi connectivity index (χ1) is 10.2. The zero-order valence-electron chi connectivity index (χ0n) is 12.8.